The Kier molecular flexibility index (Phi) is 7.41. The number of hydrogen-bond acceptors (Lipinski definition) is 4. The van der Waals surface area contributed by atoms with E-state index in [9.17, 15) is 5.11 Å². The second kappa shape index (κ2) is 8.82. The van der Waals surface area contributed by atoms with Gasteiger partial charge in [0, 0.05) is 12.6 Å². The van der Waals surface area contributed by atoms with Crippen LogP contribution in [0.25, 0.3) is 0 Å². The molecule has 1 aromatic rings. The van der Waals surface area contributed by atoms with E-state index in [-0.39, 0.29) is 0 Å². The topological polar surface area (TPSA) is 50.7 Å². The summed E-state index contributed by atoms with van der Waals surface area (Å²) in [5.41, 5.74) is 1.16. The number of aliphatic hydroxyl groups excluding tert-OH is 1. The quantitative estimate of drug-likeness (QED) is 0.731. The zero-order chi connectivity index (χ0) is 15.0. The minimum absolute atomic E-state index is 0.292. The molecular weight excluding hydrogens is 254 g/mol. The van der Waals surface area contributed by atoms with E-state index in [2.05, 4.69) is 19.2 Å². The maximum atomic E-state index is 9.56. The highest BCUT2D eigenvalue weighted by atomic mass is 16.5. The summed E-state index contributed by atoms with van der Waals surface area (Å²) < 4.78 is 11.2. The van der Waals surface area contributed by atoms with Gasteiger partial charge in [-0.1, -0.05) is 26.8 Å². The Bertz CT molecular complexity index is 393. The van der Waals surface area contributed by atoms with Crippen LogP contribution in [0.15, 0.2) is 18.2 Å². The Morgan fingerprint density at radius 2 is 1.90 bits per heavy atom. The van der Waals surface area contributed by atoms with Crippen molar-refractivity contribution in [2.24, 2.45) is 0 Å². The fraction of sp³-hybridized carbons (Fsp3) is 0.625. The van der Waals surface area contributed by atoms with Gasteiger partial charge in [0.15, 0.2) is 11.5 Å². The van der Waals surface area contributed by atoms with Gasteiger partial charge in [-0.05, 0) is 31.0 Å². The first-order valence-electron chi connectivity index (χ1n) is 7.36. The maximum absolute atomic E-state index is 9.56. The number of rotatable bonds is 9. The van der Waals surface area contributed by atoms with Crippen LogP contribution in [-0.2, 0) is 6.54 Å². The Morgan fingerprint density at radius 1 is 1.15 bits per heavy atom. The highest BCUT2D eigenvalue weighted by Crippen LogP contribution is 2.28. The average Bonchev–Trinajstić information content (AvgIpc) is 2.44. The molecule has 0 amide bonds. The summed E-state index contributed by atoms with van der Waals surface area (Å²) in [5, 5.41) is 12.9. The van der Waals surface area contributed by atoms with E-state index >= 15 is 0 Å². The van der Waals surface area contributed by atoms with E-state index in [1.54, 1.807) is 0 Å². The standard InChI is InChI=1S/C16H27NO3/c1-5-14(18)11-20-15-8-7-13(10-17-12(3)4)9-16(15)19-6-2/h7-9,12,14,17-18H,5-6,10-11H2,1-4H3. The second-order valence-corrected chi connectivity index (χ2v) is 5.12. The molecule has 0 spiro atoms. The van der Waals surface area contributed by atoms with E-state index in [4.69, 9.17) is 9.47 Å². The van der Waals surface area contributed by atoms with Crippen molar-refractivity contribution in [1.82, 2.24) is 5.32 Å². The molecule has 114 valence electrons. The highest BCUT2D eigenvalue weighted by Gasteiger charge is 2.09. The van der Waals surface area contributed by atoms with Crippen LogP contribution in [0.2, 0.25) is 0 Å². The number of nitrogens with one attached hydrogen (secondary N) is 1. The molecule has 0 aliphatic heterocycles. The molecule has 1 atom stereocenters. The molecule has 0 heterocycles. The average molecular weight is 281 g/mol. The Labute approximate surface area is 122 Å². The summed E-state index contributed by atoms with van der Waals surface area (Å²) in [4.78, 5) is 0. The van der Waals surface area contributed by atoms with Crippen LogP contribution in [0, 0.1) is 0 Å². The molecule has 20 heavy (non-hydrogen) atoms. The van der Waals surface area contributed by atoms with Gasteiger partial charge in [-0.15, -0.1) is 0 Å². The van der Waals surface area contributed by atoms with Gasteiger partial charge in [0.05, 0.1) is 12.7 Å². The largest absolute Gasteiger partial charge is 0.490 e. The fourth-order valence-corrected chi connectivity index (χ4v) is 1.68. The number of hydrogen-bond donors (Lipinski definition) is 2. The van der Waals surface area contributed by atoms with Gasteiger partial charge in [0.25, 0.3) is 0 Å². The normalized spacial score (nSPS) is 12.5. The zero-order valence-electron chi connectivity index (χ0n) is 13.0. The van der Waals surface area contributed by atoms with Gasteiger partial charge in [-0.2, -0.15) is 0 Å². The predicted molar refractivity (Wildman–Crippen MR) is 81.4 cm³/mol. The van der Waals surface area contributed by atoms with Crippen molar-refractivity contribution in [3.8, 4) is 11.5 Å². The third-order valence-electron chi connectivity index (χ3n) is 2.92. The summed E-state index contributed by atoms with van der Waals surface area (Å²) in [6.45, 7) is 9.80. The van der Waals surface area contributed by atoms with Crippen molar-refractivity contribution in [3.05, 3.63) is 23.8 Å². The number of ether oxygens (including phenoxy) is 2. The first-order chi connectivity index (χ1) is 9.56. The molecule has 0 aromatic heterocycles. The summed E-state index contributed by atoms with van der Waals surface area (Å²) in [6.07, 6.45) is 0.243. The van der Waals surface area contributed by atoms with E-state index < -0.39 is 6.10 Å². The van der Waals surface area contributed by atoms with Crippen molar-refractivity contribution in [2.45, 2.75) is 52.8 Å². The molecule has 0 aliphatic rings. The van der Waals surface area contributed by atoms with Gasteiger partial charge in [-0.3, -0.25) is 0 Å². The third kappa shape index (κ3) is 5.80. The number of aliphatic hydroxyl groups is 1. The summed E-state index contributed by atoms with van der Waals surface area (Å²) >= 11 is 0. The van der Waals surface area contributed by atoms with Gasteiger partial charge < -0.3 is 19.9 Å². The molecular formula is C16H27NO3. The molecule has 1 rings (SSSR count). The van der Waals surface area contributed by atoms with E-state index in [1.165, 1.54) is 0 Å². The van der Waals surface area contributed by atoms with Gasteiger partial charge in [0.1, 0.15) is 6.61 Å². The van der Waals surface area contributed by atoms with Crippen LogP contribution in [0.4, 0.5) is 0 Å². The molecule has 2 N–H and O–H groups in total. The minimum Gasteiger partial charge on any atom is -0.490 e. The van der Waals surface area contributed by atoms with Crippen molar-refractivity contribution >= 4 is 0 Å². The predicted octanol–water partition coefficient (Wildman–Crippen LogP) is 2.73. The Morgan fingerprint density at radius 3 is 2.50 bits per heavy atom. The molecule has 1 unspecified atom stereocenters. The van der Waals surface area contributed by atoms with Gasteiger partial charge in [0.2, 0.25) is 0 Å². The first kappa shape index (κ1) is 16.8. The lowest BCUT2D eigenvalue weighted by atomic mass is 10.2. The van der Waals surface area contributed by atoms with E-state index in [0.717, 1.165) is 17.9 Å². The van der Waals surface area contributed by atoms with Gasteiger partial charge >= 0.3 is 0 Å². The molecule has 1 aromatic carbocycles. The molecule has 4 heteroatoms. The van der Waals surface area contributed by atoms with E-state index in [0.29, 0.717) is 31.4 Å². The van der Waals surface area contributed by atoms with E-state index in [1.807, 2.05) is 32.0 Å². The molecule has 0 saturated carbocycles. The van der Waals surface area contributed by atoms with Crippen molar-refractivity contribution in [2.75, 3.05) is 13.2 Å². The Hall–Kier alpha value is -1.26. The molecule has 0 aliphatic carbocycles. The van der Waals surface area contributed by atoms with Crippen LogP contribution >= 0.6 is 0 Å². The molecule has 0 bridgehead atoms. The Balaban J connectivity index is 2.73. The summed E-state index contributed by atoms with van der Waals surface area (Å²) in [5.74, 6) is 1.42. The van der Waals surface area contributed by atoms with Crippen molar-refractivity contribution < 1.29 is 14.6 Å². The van der Waals surface area contributed by atoms with Crippen molar-refractivity contribution in [3.63, 3.8) is 0 Å². The fourth-order valence-electron chi connectivity index (χ4n) is 1.68. The monoisotopic (exact) mass is 281 g/mol. The highest BCUT2D eigenvalue weighted by molar-refractivity contribution is 5.43. The maximum Gasteiger partial charge on any atom is 0.161 e. The lowest BCUT2D eigenvalue weighted by Gasteiger charge is -2.16. The SMILES string of the molecule is CCOc1cc(CNC(C)C)ccc1OCC(O)CC. The number of benzene rings is 1. The molecule has 0 saturated heterocycles. The molecule has 0 fully saturated rings. The lowest BCUT2D eigenvalue weighted by molar-refractivity contribution is 0.102. The smallest absolute Gasteiger partial charge is 0.161 e. The van der Waals surface area contributed by atoms with Crippen LogP contribution in [0.5, 0.6) is 11.5 Å². The van der Waals surface area contributed by atoms with Crippen LogP contribution in [-0.4, -0.2) is 30.5 Å². The van der Waals surface area contributed by atoms with Crippen LogP contribution in [0.1, 0.15) is 39.7 Å². The van der Waals surface area contributed by atoms with Crippen molar-refractivity contribution in [1.29, 1.82) is 0 Å². The first-order valence-corrected chi connectivity index (χ1v) is 7.36. The van der Waals surface area contributed by atoms with Crippen LogP contribution in [0.3, 0.4) is 0 Å². The molecule has 4 nitrogen and oxygen atoms in total. The zero-order valence-corrected chi connectivity index (χ0v) is 13.0. The molecule has 0 radical (unpaired) electrons. The van der Waals surface area contributed by atoms with Gasteiger partial charge in [-0.25, -0.2) is 0 Å². The van der Waals surface area contributed by atoms with Crippen LogP contribution < -0.4 is 14.8 Å². The summed E-state index contributed by atoms with van der Waals surface area (Å²) in [7, 11) is 0. The summed E-state index contributed by atoms with van der Waals surface area (Å²) in [6, 6.07) is 6.36. The third-order valence-corrected chi connectivity index (χ3v) is 2.92. The lowest BCUT2D eigenvalue weighted by Crippen LogP contribution is -2.21. The second-order valence-electron chi connectivity index (χ2n) is 5.12. The minimum atomic E-state index is -0.438.